The van der Waals surface area contributed by atoms with E-state index in [9.17, 15) is 4.79 Å². The number of hydrogen-bond donors (Lipinski definition) is 1. The van der Waals surface area contributed by atoms with E-state index in [1.165, 1.54) is 0 Å². The van der Waals surface area contributed by atoms with Crippen LogP contribution >= 0.6 is 15.9 Å². The van der Waals surface area contributed by atoms with E-state index in [0.717, 1.165) is 35.5 Å². The third-order valence-corrected chi connectivity index (χ3v) is 4.60. The number of nitrogens with one attached hydrogen (secondary N) is 1. The first-order valence-corrected chi connectivity index (χ1v) is 8.19. The van der Waals surface area contributed by atoms with Crippen LogP contribution in [0.2, 0.25) is 0 Å². The van der Waals surface area contributed by atoms with Crippen molar-refractivity contribution in [3.05, 3.63) is 46.2 Å². The molecule has 5 nitrogen and oxygen atoms in total. The van der Waals surface area contributed by atoms with Gasteiger partial charge in [-0.3, -0.25) is 4.79 Å². The lowest BCUT2D eigenvalue weighted by Crippen LogP contribution is -2.52. The van der Waals surface area contributed by atoms with Gasteiger partial charge < -0.3 is 10.2 Å². The molecule has 1 amide bonds. The number of rotatable bonds is 2. The molecule has 0 radical (unpaired) electrons. The predicted octanol–water partition coefficient (Wildman–Crippen LogP) is 2.38. The van der Waals surface area contributed by atoms with Crippen LogP contribution < -0.4 is 5.32 Å². The molecule has 3 rings (SSSR count). The molecule has 1 fully saturated rings. The van der Waals surface area contributed by atoms with Crippen molar-refractivity contribution < 1.29 is 4.79 Å². The number of aromatic nitrogens is 2. The van der Waals surface area contributed by atoms with Crippen LogP contribution in [0.3, 0.4) is 0 Å². The van der Waals surface area contributed by atoms with Crippen molar-refractivity contribution in [2.75, 3.05) is 19.6 Å². The summed E-state index contributed by atoms with van der Waals surface area (Å²) >= 11 is 3.43. The topological polar surface area (TPSA) is 50.2 Å². The molecule has 116 valence electrons. The highest BCUT2D eigenvalue weighted by Gasteiger charge is 2.26. The predicted molar refractivity (Wildman–Crippen MR) is 89.4 cm³/mol. The normalized spacial score (nSPS) is 18.5. The smallest absolute Gasteiger partial charge is 0.257 e. The number of amides is 1. The molecular formula is C16H19BrN4O. The van der Waals surface area contributed by atoms with Gasteiger partial charge in [0.25, 0.3) is 5.91 Å². The van der Waals surface area contributed by atoms with Gasteiger partial charge >= 0.3 is 0 Å². The average Bonchev–Trinajstić information content (AvgIpc) is 2.90. The average molecular weight is 363 g/mol. The van der Waals surface area contributed by atoms with E-state index in [-0.39, 0.29) is 11.9 Å². The Hall–Kier alpha value is -1.66. The molecule has 0 unspecified atom stereocenters. The van der Waals surface area contributed by atoms with Crippen LogP contribution in [-0.2, 0) is 0 Å². The second-order valence-corrected chi connectivity index (χ2v) is 6.50. The zero-order chi connectivity index (χ0) is 15.7. The molecule has 1 saturated heterocycles. The van der Waals surface area contributed by atoms with Gasteiger partial charge in [0, 0.05) is 30.1 Å². The Morgan fingerprint density at radius 1 is 1.36 bits per heavy atom. The first kappa shape index (κ1) is 15.2. The minimum Gasteiger partial charge on any atom is -0.333 e. The molecule has 1 atom stereocenters. The third-order valence-electron chi connectivity index (χ3n) is 4.07. The van der Waals surface area contributed by atoms with Gasteiger partial charge in [-0.2, -0.15) is 5.10 Å². The summed E-state index contributed by atoms with van der Waals surface area (Å²) in [6.07, 6.45) is 1.68. The lowest BCUT2D eigenvalue weighted by molar-refractivity contribution is 0.0655. The summed E-state index contributed by atoms with van der Waals surface area (Å²) in [5, 5.41) is 7.70. The summed E-state index contributed by atoms with van der Waals surface area (Å²) in [4.78, 5) is 14.7. The molecule has 1 N–H and O–H groups in total. The van der Waals surface area contributed by atoms with Crippen molar-refractivity contribution in [2.24, 2.45) is 0 Å². The van der Waals surface area contributed by atoms with Gasteiger partial charge in [0.1, 0.15) is 0 Å². The van der Waals surface area contributed by atoms with Gasteiger partial charge in [0.15, 0.2) is 0 Å². The fourth-order valence-electron chi connectivity index (χ4n) is 2.76. The van der Waals surface area contributed by atoms with Crippen LogP contribution in [0.5, 0.6) is 0 Å². The molecule has 2 heterocycles. The van der Waals surface area contributed by atoms with Crippen molar-refractivity contribution in [3.8, 4) is 5.69 Å². The fourth-order valence-corrected chi connectivity index (χ4v) is 3.02. The first-order chi connectivity index (χ1) is 10.6. The maximum absolute atomic E-state index is 12.8. The molecule has 0 aliphatic carbocycles. The Balaban J connectivity index is 1.89. The van der Waals surface area contributed by atoms with Crippen LogP contribution in [0, 0.1) is 6.92 Å². The highest BCUT2D eigenvalue weighted by molar-refractivity contribution is 9.10. The standard InChI is InChI=1S/C16H19BrN4O/c1-11-9-18-7-8-20(11)16(22)15-10-19-21(12(15)2)14-5-3-13(17)4-6-14/h3-6,10-11,18H,7-9H2,1-2H3/t11-/m0/s1. The molecule has 0 saturated carbocycles. The van der Waals surface area contributed by atoms with Crippen molar-refractivity contribution in [1.29, 1.82) is 0 Å². The maximum atomic E-state index is 12.8. The second-order valence-electron chi connectivity index (χ2n) is 5.58. The van der Waals surface area contributed by atoms with Crippen LogP contribution in [0.1, 0.15) is 23.0 Å². The van der Waals surface area contributed by atoms with Gasteiger partial charge in [-0.05, 0) is 38.1 Å². The van der Waals surface area contributed by atoms with Crippen LogP contribution in [0.25, 0.3) is 5.69 Å². The molecule has 0 bridgehead atoms. The van der Waals surface area contributed by atoms with Gasteiger partial charge in [0.2, 0.25) is 0 Å². The minimum atomic E-state index is 0.0647. The van der Waals surface area contributed by atoms with E-state index in [0.29, 0.717) is 5.56 Å². The molecule has 1 aliphatic rings. The van der Waals surface area contributed by atoms with Gasteiger partial charge in [0.05, 0.1) is 23.1 Å². The lowest BCUT2D eigenvalue weighted by Gasteiger charge is -2.33. The summed E-state index contributed by atoms with van der Waals surface area (Å²) in [7, 11) is 0. The SMILES string of the molecule is Cc1c(C(=O)N2CCNC[C@@H]2C)cnn1-c1ccc(Br)cc1. The number of benzene rings is 1. The molecule has 0 spiro atoms. The zero-order valence-corrected chi connectivity index (χ0v) is 14.3. The van der Waals surface area contributed by atoms with E-state index < -0.39 is 0 Å². The monoisotopic (exact) mass is 362 g/mol. The van der Waals surface area contributed by atoms with Crippen LogP contribution in [0.15, 0.2) is 34.9 Å². The lowest BCUT2D eigenvalue weighted by atomic mass is 10.1. The van der Waals surface area contributed by atoms with Crippen LogP contribution in [-0.4, -0.2) is 46.3 Å². The Labute approximate surface area is 138 Å². The fraction of sp³-hybridized carbons (Fsp3) is 0.375. The van der Waals surface area contributed by atoms with Crippen molar-refractivity contribution in [2.45, 2.75) is 19.9 Å². The Morgan fingerprint density at radius 3 is 2.77 bits per heavy atom. The van der Waals surface area contributed by atoms with Gasteiger partial charge in [-0.25, -0.2) is 4.68 Å². The van der Waals surface area contributed by atoms with Gasteiger partial charge in [-0.1, -0.05) is 15.9 Å². The van der Waals surface area contributed by atoms with Crippen LogP contribution in [0.4, 0.5) is 0 Å². The van der Waals surface area contributed by atoms with E-state index in [2.05, 4.69) is 33.3 Å². The number of nitrogens with zero attached hydrogens (tertiary/aromatic N) is 3. The summed E-state index contributed by atoms with van der Waals surface area (Å²) in [5.41, 5.74) is 2.50. The zero-order valence-electron chi connectivity index (χ0n) is 12.7. The summed E-state index contributed by atoms with van der Waals surface area (Å²) in [6, 6.07) is 8.10. The molecule has 1 aliphatic heterocycles. The van der Waals surface area contributed by atoms with E-state index in [1.807, 2.05) is 40.8 Å². The van der Waals surface area contributed by atoms with E-state index in [1.54, 1.807) is 6.20 Å². The molecule has 22 heavy (non-hydrogen) atoms. The number of carbonyl (C=O) groups excluding carboxylic acids is 1. The first-order valence-electron chi connectivity index (χ1n) is 7.40. The minimum absolute atomic E-state index is 0.0647. The summed E-state index contributed by atoms with van der Waals surface area (Å²) < 4.78 is 2.83. The van der Waals surface area contributed by atoms with Crippen molar-refractivity contribution in [1.82, 2.24) is 20.0 Å². The number of halogens is 1. The van der Waals surface area contributed by atoms with Gasteiger partial charge in [-0.15, -0.1) is 0 Å². The number of carbonyl (C=O) groups is 1. The maximum Gasteiger partial charge on any atom is 0.257 e. The van der Waals surface area contributed by atoms with E-state index >= 15 is 0 Å². The summed E-state index contributed by atoms with van der Waals surface area (Å²) in [5.74, 6) is 0.0647. The number of piperazine rings is 1. The quantitative estimate of drug-likeness (QED) is 0.892. The molecule has 6 heteroatoms. The Morgan fingerprint density at radius 2 is 2.09 bits per heavy atom. The molecular weight excluding hydrogens is 344 g/mol. The highest BCUT2D eigenvalue weighted by atomic mass is 79.9. The Bertz CT molecular complexity index is 680. The Kier molecular flexibility index (Phi) is 4.31. The summed E-state index contributed by atoms with van der Waals surface area (Å²) in [6.45, 7) is 6.43. The highest BCUT2D eigenvalue weighted by Crippen LogP contribution is 2.19. The molecule has 1 aromatic carbocycles. The van der Waals surface area contributed by atoms with Crippen molar-refractivity contribution >= 4 is 21.8 Å². The molecule has 2 aromatic rings. The molecule has 1 aromatic heterocycles. The largest absolute Gasteiger partial charge is 0.333 e. The van der Waals surface area contributed by atoms with E-state index in [4.69, 9.17) is 0 Å². The third kappa shape index (κ3) is 2.80. The van der Waals surface area contributed by atoms with Crippen molar-refractivity contribution in [3.63, 3.8) is 0 Å². The second kappa shape index (κ2) is 6.22. The number of hydrogen-bond acceptors (Lipinski definition) is 3.